The molecule has 0 bridgehead atoms. The molecule has 3 nitrogen and oxygen atoms in total. The predicted molar refractivity (Wildman–Crippen MR) is 64.1 cm³/mol. The van der Waals surface area contributed by atoms with Gasteiger partial charge in [-0.2, -0.15) is 0 Å². The van der Waals surface area contributed by atoms with Gasteiger partial charge >= 0.3 is 5.97 Å². The van der Waals surface area contributed by atoms with Crippen LogP contribution in [0, 0.1) is 0 Å². The average Bonchev–Trinajstić information content (AvgIpc) is 2.23. The zero-order valence-corrected chi connectivity index (χ0v) is 11.2. The molecule has 0 aromatic heterocycles. The van der Waals surface area contributed by atoms with Gasteiger partial charge in [0.05, 0.1) is 0 Å². The summed E-state index contributed by atoms with van der Waals surface area (Å²) < 4.78 is 10.8. The lowest BCUT2D eigenvalue weighted by Gasteiger charge is -2.29. The minimum absolute atomic E-state index is 0.0760. The molecule has 0 aliphatic heterocycles. The minimum atomic E-state index is -1.91. The third kappa shape index (κ3) is 5.13. The van der Waals surface area contributed by atoms with Crippen molar-refractivity contribution in [2.75, 3.05) is 7.11 Å². The van der Waals surface area contributed by atoms with Gasteiger partial charge in [-0.3, -0.25) is 0 Å². The van der Waals surface area contributed by atoms with Crippen LogP contribution in [0.15, 0.2) is 12.7 Å². The Morgan fingerprint density at radius 1 is 1.53 bits per heavy atom. The predicted octanol–water partition coefficient (Wildman–Crippen LogP) is 2.67. The number of hydrogen-bond acceptors (Lipinski definition) is 3. The second-order valence-electron chi connectivity index (χ2n) is 4.08. The highest BCUT2D eigenvalue weighted by Crippen LogP contribution is 2.18. The molecule has 0 amide bonds. The first-order chi connectivity index (χ1) is 6.97. The molecule has 0 aliphatic carbocycles. The maximum Gasteiger partial charge on any atom is 0.330 e. The number of unbranched alkanes of at least 4 members (excludes halogenated alkanes) is 1. The Bertz CT molecular complexity index is 214. The highest BCUT2D eigenvalue weighted by Gasteiger charge is 2.35. The Labute approximate surface area is 93.6 Å². The van der Waals surface area contributed by atoms with E-state index in [0.717, 1.165) is 19.3 Å². The van der Waals surface area contributed by atoms with E-state index < -0.39 is 8.32 Å². The van der Waals surface area contributed by atoms with Crippen LogP contribution in [0.25, 0.3) is 0 Å². The second-order valence-corrected chi connectivity index (χ2v) is 8.34. The molecule has 4 heteroatoms. The van der Waals surface area contributed by atoms with E-state index in [1.807, 2.05) is 0 Å². The van der Waals surface area contributed by atoms with Crippen molar-refractivity contribution in [3.63, 3.8) is 0 Å². The molecule has 0 radical (unpaired) electrons. The summed E-state index contributed by atoms with van der Waals surface area (Å²) in [5.41, 5.74) is -0.0760. The van der Waals surface area contributed by atoms with E-state index in [9.17, 15) is 4.79 Å². The molecule has 0 saturated carbocycles. The van der Waals surface area contributed by atoms with Gasteiger partial charge in [0.2, 0.25) is 8.32 Å². The van der Waals surface area contributed by atoms with E-state index in [1.165, 1.54) is 6.08 Å². The number of carbonyl (C=O) groups excluding carboxylic acids is 1. The van der Waals surface area contributed by atoms with Gasteiger partial charge in [-0.25, -0.2) is 4.79 Å². The molecule has 1 atom stereocenters. The summed E-state index contributed by atoms with van der Waals surface area (Å²) in [7, 11) is -0.226. The molecular formula is C11H22O3Si. The summed E-state index contributed by atoms with van der Waals surface area (Å²) in [4.78, 5) is 11.2. The zero-order valence-electron chi connectivity index (χ0n) is 10.2. The molecule has 0 aliphatic rings. The van der Waals surface area contributed by atoms with Crippen LogP contribution in [0.3, 0.4) is 0 Å². The van der Waals surface area contributed by atoms with Crippen LogP contribution in [-0.2, 0) is 14.0 Å². The van der Waals surface area contributed by atoms with Gasteiger partial charge < -0.3 is 9.16 Å². The van der Waals surface area contributed by atoms with Crippen LogP contribution in [0.5, 0.6) is 0 Å². The molecule has 0 fully saturated rings. The van der Waals surface area contributed by atoms with E-state index in [2.05, 4.69) is 26.6 Å². The van der Waals surface area contributed by atoms with Crippen molar-refractivity contribution < 1.29 is 14.0 Å². The lowest BCUT2D eigenvalue weighted by atomic mass is 10.3. The molecule has 0 aromatic carbocycles. The van der Waals surface area contributed by atoms with E-state index >= 15 is 0 Å². The standard InChI is InChI=1S/C11H22O3Si/c1-6-8-9-11(14-10(12)7-2)15(4,5)13-3/h7,11H,2,6,8-9H2,1,3-5H3. The first kappa shape index (κ1) is 14.4. The van der Waals surface area contributed by atoms with Crippen molar-refractivity contribution >= 4 is 14.3 Å². The molecule has 15 heavy (non-hydrogen) atoms. The van der Waals surface area contributed by atoms with Gasteiger partial charge in [0, 0.05) is 13.2 Å². The average molecular weight is 230 g/mol. The SMILES string of the molecule is C=CC(=O)OC(CCCC)[Si](C)(C)OC. The van der Waals surface area contributed by atoms with Crippen molar-refractivity contribution in [2.45, 2.75) is 45.0 Å². The van der Waals surface area contributed by atoms with Crippen LogP contribution in [0.4, 0.5) is 0 Å². The minimum Gasteiger partial charge on any atom is -0.460 e. The van der Waals surface area contributed by atoms with Crippen LogP contribution in [0.1, 0.15) is 26.2 Å². The number of esters is 1. The fraction of sp³-hybridized carbons (Fsp3) is 0.727. The number of rotatable bonds is 7. The fourth-order valence-electron chi connectivity index (χ4n) is 1.26. The van der Waals surface area contributed by atoms with Gasteiger partial charge in [0.25, 0.3) is 0 Å². The van der Waals surface area contributed by atoms with Crippen molar-refractivity contribution in [3.05, 3.63) is 12.7 Å². The molecule has 0 aromatic rings. The Morgan fingerprint density at radius 2 is 2.13 bits per heavy atom. The lowest BCUT2D eigenvalue weighted by molar-refractivity contribution is -0.140. The fourth-order valence-corrected chi connectivity index (χ4v) is 2.82. The Kier molecular flexibility index (Phi) is 6.52. The van der Waals surface area contributed by atoms with Crippen LogP contribution in [0.2, 0.25) is 13.1 Å². The lowest BCUT2D eigenvalue weighted by Crippen LogP contribution is -2.46. The molecular weight excluding hydrogens is 208 g/mol. The molecule has 0 saturated heterocycles. The van der Waals surface area contributed by atoms with Gasteiger partial charge in [-0.05, 0) is 19.5 Å². The third-order valence-electron chi connectivity index (χ3n) is 2.55. The normalized spacial score (nSPS) is 13.3. The van der Waals surface area contributed by atoms with E-state index in [-0.39, 0.29) is 11.7 Å². The van der Waals surface area contributed by atoms with E-state index in [1.54, 1.807) is 7.11 Å². The van der Waals surface area contributed by atoms with Crippen LogP contribution >= 0.6 is 0 Å². The van der Waals surface area contributed by atoms with E-state index in [0.29, 0.717) is 0 Å². The molecule has 0 rings (SSSR count). The first-order valence-electron chi connectivity index (χ1n) is 5.36. The molecule has 0 N–H and O–H groups in total. The maximum atomic E-state index is 11.2. The highest BCUT2D eigenvalue weighted by molar-refractivity contribution is 6.72. The van der Waals surface area contributed by atoms with Gasteiger partial charge in [0.1, 0.15) is 5.73 Å². The summed E-state index contributed by atoms with van der Waals surface area (Å²) in [6, 6.07) is 0. The van der Waals surface area contributed by atoms with Gasteiger partial charge in [-0.1, -0.05) is 26.3 Å². The first-order valence-corrected chi connectivity index (χ1v) is 8.34. The van der Waals surface area contributed by atoms with Crippen LogP contribution < -0.4 is 0 Å². The Balaban J connectivity index is 4.42. The van der Waals surface area contributed by atoms with Crippen LogP contribution in [-0.4, -0.2) is 27.1 Å². The van der Waals surface area contributed by atoms with Crippen molar-refractivity contribution in [2.24, 2.45) is 0 Å². The third-order valence-corrected chi connectivity index (χ3v) is 5.56. The number of ether oxygens (including phenoxy) is 1. The van der Waals surface area contributed by atoms with Gasteiger partial charge in [-0.15, -0.1) is 0 Å². The Morgan fingerprint density at radius 3 is 2.53 bits per heavy atom. The topological polar surface area (TPSA) is 35.5 Å². The summed E-state index contributed by atoms with van der Waals surface area (Å²) in [5.74, 6) is -0.353. The quantitative estimate of drug-likeness (QED) is 0.383. The largest absolute Gasteiger partial charge is 0.460 e. The molecule has 0 spiro atoms. The maximum absolute atomic E-state index is 11.2. The number of hydrogen-bond donors (Lipinski definition) is 0. The summed E-state index contributed by atoms with van der Waals surface area (Å²) in [6.07, 6.45) is 4.23. The van der Waals surface area contributed by atoms with E-state index in [4.69, 9.17) is 9.16 Å². The molecule has 0 heterocycles. The van der Waals surface area contributed by atoms with Crippen molar-refractivity contribution in [1.82, 2.24) is 0 Å². The monoisotopic (exact) mass is 230 g/mol. The molecule has 88 valence electrons. The van der Waals surface area contributed by atoms with Crippen molar-refractivity contribution in [1.29, 1.82) is 0 Å². The Hall–Kier alpha value is -0.613. The summed E-state index contributed by atoms with van der Waals surface area (Å²) in [5, 5.41) is 0. The summed E-state index contributed by atoms with van der Waals surface area (Å²) in [6.45, 7) is 9.64. The molecule has 1 unspecified atom stereocenters. The zero-order chi connectivity index (χ0) is 11.9. The highest BCUT2D eigenvalue weighted by atomic mass is 28.4. The summed E-state index contributed by atoms with van der Waals surface area (Å²) >= 11 is 0. The second kappa shape index (κ2) is 6.79. The van der Waals surface area contributed by atoms with Gasteiger partial charge in [0.15, 0.2) is 0 Å². The van der Waals surface area contributed by atoms with Crippen molar-refractivity contribution in [3.8, 4) is 0 Å². The number of carbonyl (C=O) groups is 1. The smallest absolute Gasteiger partial charge is 0.330 e.